The van der Waals surface area contributed by atoms with E-state index < -0.39 is 20.5 Å². The Kier molecular flexibility index (Phi) is 4.90. The molecule has 2 atom stereocenters. The molecule has 1 saturated heterocycles. The number of carbonyl (C=O) groups excluding carboxylic acids is 1. The van der Waals surface area contributed by atoms with E-state index in [4.69, 9.17) is 0 Å². The van der Waals surface area contributed by atoms with Crippen LogP contribution in [0, 0.1) is 5.92 Å². The Morgan fingerprint density at radius 2 is 1.67 bits per heavy atom. The van der Waals surface area contributed by atoms with E-state index in [9.17, 15) is 22.0 Å². The molecule has 1 aromatic carbocycles. The van der Waals surface area contributed by atoms with E-state index >= 15 is 0 Å². The molecule has 2 fully saturated rings. The van der Waals surface area contributed by atoms with E-state index in [2.05, 4.69) is 0 Å². The molecule has 1 aliphatic heterocycles. The van der Waals surface area contributed by atoms with Crippen LogP contribution in [0.3, 0.4) is 0 Å². The van der Waals surface area contributed by atoms with E-state index in [0.29, 0.717) is 18.0 Å². The van der Waals surface area contributed by atoms with Crippen LogP contribution >= 0.6 is 0 Å². The Balaban J connectivity index is 1.80. The Labute approximate surface area is 140 Å². The number of hydrogen-bond donors (Lipinski definition) is 0. The topological polar surface area (TPSA) is 54.5 Å². The largest absolute Gasteiger partial charge is 0.341 e. The number of likely N-dealkylation sites (tertiary alicyclic amines) is 1. The van der Waals surface area contributed by atoms with Gasteiger partial charge in [0.2, 0.25) is 9.84 Å². The summed E-state index contributed by atoms with van der Waals surface area (Å²) in [5.74, 6) is -3.04. The second-order valence-electron chi connectivity index (χ2n) is 6.58. The van der Waals surface area contributed by atoms with Gasteiger partial charge in [-0.15, -0.1) is 0 Å². The van der Waals surface area contributed by atoms with E-state index in [1.165, 1.54) is 18.6 Å². The molecule has 1 saturated carbocycles. The van der Waals surface area contributed by atoms with E-state index in [0.717, 1.165) is 44.2 Å². The number of piperidine rings is 1. The zero-order valence-corrected chi connectivity index (χ0v) is 14.1. The molecule has 7 heteroatoms. The third-order valence-corrected chi connectivity index (χ3v) is 6.57. The molecule has 0 aromatic heterocycles. The predicted octanol–water partition coefficient (Wildman–Crippen LogP) is 3.48. The molecule has 1 amide bonds. The van der Waals surface area contributed by atoms with Crippen LogP contribution < -0.4 is 0 Å². The number of amides is 1. The van der Waals surface area contributed by atoms with Gasteiger partial charge in [-0.2, -0.15) is 8.78 Å². The molecule has 1 aromatic rings. The van der Waals surface area contributed by atoms with Crippen LogP contribution in [0.1, 0.15) is 48.9 Å². The SMILES string of the molecule is O=C(c1ccc(S(=O)(=O)C(F)F)cc1)N1CCC[C@H]2CCCC[C@H]21. The number of fused-ring (bicyclic) bond motifs is 1. The number of carbonyl (C=O) groups is 1. The first-order chi connectivity index (χ1) is 11.4. The summed E-state index contributed by atoms with van der Waals surface area (Å²) in [5, 5.41) is 0. The van der Waals surface area contributed by atoms with Crippen molar-refractivity contribution in [2.24, 2.45) is 5.92 Å². The van der Waals surface area contributed by atoms with Crippen molar-refractivity contribution in [1.82, 2.24) is 4.90 Å². The fourth-order valence-electron chi connectivity index (χ4n) is 3.93. The molecule has 3 rings (SSSR count). The molecule has 0 unspecified atom stereocenters. The smallest absolute Gasteiger partial charge is 0.335 e. The van der Waals surface area contributed by atoms with E-state index in [-0.39, 0.29) is 11.9 Å². The van der Waals surface area contributed by atoms with Crippen molar-refractivity contribution in [1.29, 1.82) is 0 Å². The van der Waals surface area contributed by atoms with Crippen LogP contribution in [0.25, 0.3) is 0 Å². The highest BCUT2D eigenvalue weighted by Gasteiger charge is 2.36. The van der Waals surface area contributed by atoms with Crippen molar-refractivity contribution in [2.45, 2.75) is 55.2 Å². The second kappa shape index (κ2) is 6.78. The Morgan fingerprint density at radius 3 is 2.33 bits per heavy atom. The first-order valence-corrected chi connectivity index (χ1v) is 9.89. The third kappa shape index (κ3) is 3.18. The zero-order valence-electron chi connectivity index (χ0n) is 13.3. The van der Waals surface area contributed by atoms with Crippen molar-refractivity contribution in [3.63, 3.8) is 0 Å². The lowest BCUT2D eigenvalue weighted by atomic mass is 9.78. The Bertz CT molecular complexity index is 701. The maximum Gasteiger partial charge on any atom is 0.341 e. The van der Waals surface area contributed by atoms with E-state index in [1.54, 1.807) is 0 Å². The number of nitrogens with zero attached hydrogens (tertiary/aromatic N) is 1. The highest BCUT2D eigenvalue weighted by atomic mass is 32.2. The van der Waals surface area contributed by atoms with Gasteiger partial charge in [0.05, 0.1) is 4.90 Å². The molecular weight excluding hydrogens is 336 g/mol. The minimum Gasteiger partial charge on any atom is -0.335 e. The Morgan fingerprint density at radius 1 is 1.04 bits per heavy atom. The summed E-state index contributed by atoms with van der Waals surface area (Å²) in [6.07, 6.45) is 6.62. The molecule has 1 aliphatic carbocycles. The van der Waals surface area contributed by atoms with Crippen LogP contribution in [0.5, 0.6) is 0 Å². The van der Waals surface area contributed by atoms with Gasteiger partial charge in [0, 0.05) is 18.2 Å². The minimum atomic E-state index is -4.62. The maximum atomic E-state index is 12.8. The molecule has 0 radical (unpaired) electrons. The van der Waals surface area contributed by atoms with Gasteiger partial charge in [0.15, 0.2) is 0 Å². The van der Waals surface area contributed by atoms with Gasteiger partial charge in [0.25, 0.3) is 5.91 Å². The summed E-state index contributed by atoms with van der Waals surface area (Å²) in [6, 6.07) is 5.12. The number of rotatable bonds is 3. The summed E-state index contributed by atoms with van der Waals surface area (Å²) in [5.41, 5.74) is 0.356. The monoisotopic (exact) mass is 357 g/mol. The van der Waals surface area contributed by atoms with Gasteiger partial charge in [-0.3, -0.25) is 4.79 Å². The van der Waals surface area contributed by atoms with Crippen LogP contribution in [0.4, 0.5) is 8.78 Å². The second-order valence-corrected chi connectivity index (χ2v) is 8.50. The van der Waals surface area contributed by atoms with Gasteiger partial charge in [-0.1, -0.05) is 12.8 Å². The Hall–Kier alpha value is -1.50. The molecule has 1 heterocycles. The van der Waals surface area contributed by atoms with Gasteiger partial charge >= 0.3 is 5.76 Å². The molecule has 2 aliphatic rings. The van der Waals surface area contributed by atoms with Crippen LogP contribution in [0.2, 0.25) is 0 Å². The summed E-state index contributed by atoms with van der Waals surface area (Å²) < 4.78 is 48.1. The van der Waals surface area contributed by atoms with Gasteiger partial charge in [0.1, 0.15) is 0 Å². The lowest BCUT2D eigenvalue weighted by Gasteiger charge is -2.44. The van der Waals surface area contributed by atoms with Crippen molar-refractivity contribution in [3.8, 4) is 0 Å². The fourth-order valence-corrected chi connectivity index (χ4v) is 4.65. The van der Waals surface area contributed by atoms with Gasteiger partial charge < -0.3 is 4.90 Å². The number of benzene rings is 1. The number of sulfone groups is 1. The van der Waals surface area contributed by atoms with Crippen molar-refractivity contribution >= 4 is 15.7 Å². The lowest BCUT2D eigenvalue weighted by Crippen LogP contribution is -2.49. The van der Waals surface area contributed by atoms with Crippen LogP contribution in [-0.2, 0) is 9.84 Å². The van der Waals surface area contributed by atoms with Crippen LogP contribution in [-0.4, -0.2) is 37.6 Å². The van der Waals surface area contributed by atoms with Crippen molar-refractivity contribution < 1.29 is 22.0 Å². The number of halogens is 2. The van der Waals surface area contributed by atoms with E-state index in [1.807, 2.05) is 4.90 Å². The summed E-state index contributed by atoms with van der Waals surface area (Å²) in [7, 11) is -4.62. The molecule has 0 spiro atoms. The van der Waals surface area contributed by atoms with Crippen LogP contribution in [0.15, 0.2) is 29.2 Å². The van der Waals surface area contributed by atoms with Crippen molar-refractivity contribution in [3.05, 3.63) is 29.8 Å². The zero-order chi connectivity index (χ0) is 17.3. The average molecular weight is 357 g/mol. The quantitative estimate of drug-likeness (QED) is 0.832. The number of hydrogen-bond acceptors (Lipinski definition) is 3. The standard InChI is InChI=1S/C17H21F2NO3S/c18-17(19)24(22,23)14-9-7-13(8-10-14)16(21)20-11-3-5-12-4-1-2-6-15(12)20/h7-10,12,15,17H,1-6,11H2/t12-,15-/m1/s1. The normalized spacial score (nSPS) is 24.7. The fraction of sp³-hybridized carbons (Fsp3) is 0.588. The summed E-state index contributed by atoms with van der Waals surface area (Å²) in [6.45, 7) is 0.705. The third-order valence-electron chi connectivity index (χ3n) is 5.17. The highest BCUT2D eigenvalue weighted by molar-refractivity contribution is 7.91. The van der Waals surface area contributed by atoms with Crippen molar-refractivity contribution in [2.75, 3.05) is 6.54 Å². The molecule has 0 bridgehead atoms. The molecule has 24 heavy (non-hydrogen) atoms. The maximum absolute atomic E-state index is 12.8. The predicted molar refractivity (Wildman–Crippen MR) is 85.6 cm³/mol. The summed E-state index contributed by atoms with van der Waals surface area (Å²) >= 11 is 0. The average Bonchev–Trinajstić information content (AvgIpc) is 2.60. The molecule has 132 valence electrons. The first-order valence-electron chi connectivity index (χ1n) is 8.34. The van der Waals surface area contributed by atoms with Gasteiger partial charge in [-0.25, -0.2) is 8.42 Å². The van der Waals surface area contributed by atoms with Gasteiger partial charge in [-0.05, 0) is 55.9 Å². The molecule has 0 N–H and O–H groups in total. The summed E-state index contributed by atoms with van der Waals surface area (Å²) in [4.78, 5) is 14.2. The molecule has 4 nitrogen and oxygen atoms in total. The number of alkyl halides is 2. The first kappa shape index (κ1) is 17.3. The molecular formula is C17H21F2NO3S. The minimum absolute atomic E-state index is 0.132. The highest BCUT2D eigenvalue weighted by Crippen LogP contribution is 2.36. The lowest BCUT2D eigenvalue weighted by molar-refractivity contribution is 0.0390.